The van der Waals surface area contributed by atoms with Crippen molar-refractivity contribution in [3.8, 4) is 5.69 Å². The second-order valence-corrected chi connectivity index (χ2v) is 3.66. The first-order valence-electron chi connectivity index (χ1n) is 5.72. The molecule has 18 heavy (non-hydrogen) atoms. The molecule has 0 aliphatic rings. The summed E-state index contributed by atoms with van der Waals surface area (Å²) in [5.74, 6) is 0.404. The van der Waals surface area contributed by atoms with Crippen LogP contribution in [0.1, 0.15) is 17.3 Å². The Balaban J connectivity index is 2.38. The van der Waals surface area contributed by atoms with Crippen molar-refractivity contribution in [3.63, 3.8) is 0 Å². The zero-order valence-electron chi connectivity index (χ0n) is 10.3. The van der Waals surface area contributed by atoms with Crippen LogP contribution in [-0.2, 0) is 0 Å². The van der Waals surface area contributed by atoms with Crippen LogP contribution in [0.25, 0.3) is 5.69 Å². The fourth-order valence-corrected chi connectivity index (χ4v) is 1.60. The number of amides is 1. The second-order valence-electron chi connectivity index (χ2n) is 3.66. The highest BCUT2D eigenvalue weighted by molar-refractivity contribution is 5.98. The molecule has 0 radical (unpaired) electrons. The van der Waals surface area contributed by atoms with E-state index >= 15 is 0 Å². The Bertz CT molecular complexity index is 535. The van der Waals surface area contributed by atoms with Crippen LogP contribution < -0.4 is 10.6 Å². The molecule has 0 bridgehead atoms. The summed E-state index contributed by atoms with van der Waals surface area (Å²) >= 11 is 0. The lowest BCUT2D eigenvalue weighted by Crippen LogP contribution is -2.23. The van der Waals surface area contributed by atoms with Crippen molar-refractivity contribution in [2.75, 3.05) is 18.9 Å². The second kappa shape index (κ2) is 5.31. The summed E-state index contributed by atoms with van der Waals surface area (Å²) in [5.41, 5.74) is 1.33. The summed E-state index contributed by atoms with van der Waals surface area (Å²) in [6.07, 6.45) is 5.07. The quantitative estimate of drug-likeness (QED) is 0.844. The van der Waals surface area contributed by atoms with Crippen LogP contribution in [0.5, 0.6) is 0 Å². The van der Waals surface area contributed by atoms with Gasteiger partial charge in [-0.3, -0.25) is 9.78 Å². The summed E-state index contributed by atoms with van der Waals surface area (Å²) in [6, 6.07) is 3.70. The highest BCUT2D eigenvalue weighted by Crippen LogP contribution is 2.15. The Morgan fingerprint density at radius 1 is 1.50 bits per heavy atom. The number of carbonyl (C=O) groups excluding carboxylic acids is 1. The third-order valence-corrected chi connectivity index (χ3v) is 2.44. The van der Waals surface area contributed by atoms with Gasteiger partial charge in [-0.1, -0.05) is 0 Å². The van der Waals surface area contributed by atoms with Gasteiger partial charge in [-0.05, 0) is 19.1 Å². The maximum atomic E-state index is 11.8. The molecule has 94 valence electrons. The first-order chi connectivity index (χ1) is 8.76. The SMILES string of the molecule is CCNC(=O)c1cn(-c2cccnc2)nc1NC. The van der Waals surface area contributed by atoms with Crippen molar-refractivity contribution < 1.29 is 4.79 Å². The largest absolute Gasteiger partial charge is 0.371 e. The molecule has 2 heterocycles. The summed E-state index contributed by atoms with van der Waals surface area (Å²) in [7, 11) is 1.73. The minimum Gasteiger partial charge on any atom is -0.371 e. The Hall–Kier alpha value is -2.37. The fraction of sp³-hybridized carbons (Fsp3) is 0.250. The van der Waals surface area contributed by atoms with Crippen molar-refractivity contribution in [3.05, 3.63) is 36.3 Å². The smallest absolute Gasteiger partial charge is 0.256 e. The van der Waals surface area contributed by atoms with E-state index in [2.05, 4.69) is 20.7 Å². The molecule has 6 heteroatoms. The van der Waals surface area contributed by atoms with Gasteiger partial charge < -0.3 is 10.6 Å². The molecule has 0 saturated carbocycles. The van der Waals surface area contributed by atoms with Crippen molar-refractivity contribution >= 4 is 11.7 Å². The molecule has 2 aromatic heterocycles. The fourth-order valence-electron chi connectivity index (χ4n) is 1.60. The average molecular weight is 245 g/mol. The molecular weight excluding hydrogens is 230 g/mol. The van der Waals surface area contributed by atoms with Crippen molar-refractivity contribution in [2.45, 2.75) is 6.92 Å². The van der Waals surface area contributed by atoms with E-state index in [9.17, 15) is 4.79 Å². The van der Waals surface area contributed by atoms with E-state index in [1.54, 1.807) is 30.3 Å². The molecule has 0 spiro atoms. The monoisotopic (exact) mass is 245 g/mol. The molecule has 6 nitrogen and oxygen atoms in total. The Morgan fingerprint density at radius 3 is 2.94 bits per heavy atom. The van der Waals surface area contributed by atoms with Crippen molar-refractivity contribution in [2.24, 2.45) is 0 Å². The lowest BCUT2D eigenvalue weighted by atomic mass is 10.3. The van der Waals surface area contributed by atoms with E-state index in [1.165, 1.54) is 0 Å². The Labute approximate surface area is 105 Å². The molecule has 0 fully saturated rings. The van der Waals surface area contributed by atoms with Crippen LogP contribution in [-0.4, -0.2) is 34.3 Å². The summed E-state index contributed by atoms with van der Waals surface area (Å²) in [5, 5.41) is 9.97. The standard InChI is InChI=1S/C12H15N5O/c1-3-15-12(18)10-8-17(16-11(10)13-2)9-5-4-6-14-7-9/h4-8H,3H2,1-2H3,(H,13,16)(H,15,18). The molecule has 2 N–H and O–H groups in total. The van der Waals surface area contributed by atoms with Gasteiger partial charge in [0, 0.05) is 26.0 Å². The predicted molar refractivity (Wildman–Crippen MR) is 68.9 cm³/mol. The van der Waals surface area contributed by atoms with Crippen LogP contribution in [0.2, 0.25) is 0 Å². The number of hydrogen-bond donors (Lipinski definition) is 2. The highest BCUT2D eigenvalue weighted by Gasteiger charge is 2.15. The van der Waals surface area contributed by atoms with E-state index < -0.39 is 0 Å². The van der Waals surface area contributed by atoms with Gasteiger partial charge in [0.15, 0.2) is 5.82 Å². The van der Waals surface area contributed by atoms with E-state index in [-0.39, 0.29) is 5.91 Å². The number of carbonyl (C=O) groups is 1. The van der Waals surface area contributed by atoms with Crippen LogP contribution in [0.15, 0.2) is 30.7 Å². The topological polar surface area (TPSA) is 71.8 Å². The minimum atomic E-state index is -0.142. The maximum Gasteiger partial charge on any atom is 0.256 e. The summed E-state index contributed by atoms with van der Waals surface area (Å²) < 4.78 is 1.63. The molecule has 2 rings (SSSR count). The van der Waals surface area contributed by atoms with Gasteiger partial charge in [-0.2, -0.15) is 0 Å². The molecule has 0 saturated heterocycles. The van der Waals surface area contributed by atoms with Crippen LogP contribution in [0, 0.1) is 0 Å². The molecule has 0 unspecified atom stereocenters. The Kier molecular flexibility index (Phi) is 3.57. The predicted octanol–water partition coefficient (Wildman–Crippen LogP) is 1.06. The number of anilines is 1. The number of aromatic nitrogens is 3. The highest BCUT2D eigenvalue weighted by atomic mass is 16.1. The molecule has 0 aliphatic carbocycles. The van der Waals surface area contributed by atoms with Crippen LogP contribution in [0.4, 0.5) is 5.82 Å². The minimum absolute atomic E-state index is 0.142. The first kappa shape index (κ1) is 12.1. The summed E-state index contributed by atoms with van der Waals surface area (Å²) in [4.78, 5) is 15.9. The number of rotatable bonds is 4. The summed E-state index contributed by atoms with van der Waals surface area (Å²) in [6.45, 7) is 2.46. The van der Waals surface area contributed by atoms with E-state index in [0.717, 1.165) is 5.69 Å². The van der Waals surface area contributed by atoms with Crippen LogP contribution in [0.3, 0.4) is 0 Å². The van der Waals surface area contributed by atoms with E-state index in [0.29, 0.717) is 17.9 Å². The lowest BCUT2D eigenvalue weighted by Gasteiger charge is -2.00. The third-order valence-electron chi connectivity index (χ3n) is 2.44. The van der Waals surface area contributed by atoms with Gasteiger partial charge >= 0.3 is 0 Å². The van der Waals surface area contributed by atoms with Crippen molar-refractivity contribution in [1.82, 2.24) is 20.1 Å². The first-order valence-corrected chi connectivity index (χ1v) is 5.72. The van der Waals surface area contributed by atoms with Gasteiger partial charge in [0.05, 0.1) is 11.9 Å². The maximum absolute atomic E-state index is 11.8. The molecule has 0 aliphatic heterocycles. The number of pyridine rings is 1. The normalized spacial score (nSPS) is 10.1. The zero-order chi connectivity index (χ0) is 13.0. The Morgan fingerprint density at radius 2 is 2.33 bits per heavy atom. The molecule has 0 atom stereocenters. The third kappa shape index (κ3) is 2.32. The average Bonchev–Trinajstić information content (AvgIpc) is 2.84. The van der Waals surface area contributed by atoms with Crippen molar-refractivity contribution in [1.29, 1.82) is 0 Å². The molecule has 2 aromatic rings. The number of hydrogen-bond acceptors (Lipinski definition) is 4. The van der Waals surface area contributed by atoms with Gasteiger partial charge in [-0.25, -0.2) is 4.68 Å². The number of nitrogens with one attached hydrogen (secondary N) is 2. The molecule has 1 amide bonds. The molecule has 0 aromatic carbocycles. The van der Waals surface area contributed by atoms with Gasteiger partial charge in [0.1, 0.15) is 5.56 Å². The van der Waals surface area contributed by atoms with Gasteiger partial charge in [0.2, 0.25) is 0 Å². The van der Waals surface area contributed by atoms with Gasteiger partial charge in [0.25, 0.3) is 5.91 Å². The molecular formula is C12H15N5O. The van der Waals surface area contributed by atoms with E-state index in [4.69, 9.17) is 0 Å². The van der Waals surface area contributed by atoms with Gasteiger partial charge in [-0.15, -0.1) is 5.10 Å². The van der Waals surface area contributed by atoms with E-state index in [1.807, 2.05) is 19.1 Å². The van der Waals surface area contributed by atoms with Crippen LogP contribution >= 0.6 is 0 Å². The lowest BCUT2D eigenvalue weighted by molar-refractivity contribution is 0.0956. The zero-order valence-corrected chi connectivity index (χ0v) is 10.3. The number of nitrogens with zero attached hydrogens (tertiary/aromatic N) is 3.